The summed E-state index contributed by atoms with van der Waals surface area (Å²) in [5, 5.41) is 12.5. The van der Waals surface area contributed by atoms with Gasteiger partial charge in [0.2, 0.25) is 0 Å². The molecule has 1 saturated carbocycles. The van der Waals surface area contributed by atoms with Crippen molar-refractivity contribution in [3.8, 4) is 11.4 Å². The molecule has 9 heteroatoms. The van der Waals surface area contributed by atoms with Gasteiger partial charge in [-0.15, -0.1) is 0 Å². The van der Waals surface area contributed by atoms with Crippen molar-refractivity contribution < 1.29 is 19.4 Å². The molecule has 9 nitrogen and oxygen atoms in total. The van der Waals surface area contributed by atoms with Gasteiger partial charge < -0.3 is 20.1 Å². The number of nitrogens with zero attached hydrogens (tertiary/aromatic N) is 3. The molecule has 2 aliphatic rings. The molecule has 0 bridgehead atoms. The highest BCUT2D eigenvalue weighted by molar-refractivity contribution is 5.95. The van der Waals surface area contributed by atoms with Crippen molar-refractivity contribution in [3.05, 3.63) is 64.2 Å². The van der Waals surface area contributed by atoms with E-state index in [1.54, 1.807) is 30.3 Å². The summed E-state index contributed by atoms with van der Waals surface area (Å²) in [4.78, 5) is 42.8. The SMILES string of the molecule is Cc1ccc(C(=O)NC2CC2)cc1-n1cnc2ccc(OC3CCN(C(=O)O)CC3)cc2c1=O. The lowest BCUT2D eigenvalue weighted by Gasteiger charge is -2.30. The van der Waals surface area contributed by atoms with E-state index in [0.717, 1.165) is 18.4 Å². The molecule has 5 rings (SSSR count). The van der Waals surface area contributed by atoms with Crippen LogP contribution in [0.3, 0.4) is 0 Å². The fourth-order valence-electron chi connectivity index (χ4n) is 4.21. The summed E-state index contributed by atoms with van der Waals surface area (Å²) in [5.74, 6) is 0.405. The summed E-state index contributed by atoms with van der Waals surface area (Å²) < 4.78 is 7.52. The first-order valence-corrected chi connectivity index (χ1v) is 11.5. The van der Waals surface area contributed by atoms with E-state index in [1.807, 2.05) is 13.0 Å². The zero-order valence-corrected chi connectivity index (χ0v) is 18.9. The number of benzene rings is 2. The monoisotopic (exact) mass is 462 g/mol. The van der Waals surface area contributed by atoms with Crippen molar-refractivity contribution in [2.24, 2.45) is 0 Å². The van der Waals surface area contributed by atoms with Gasteiger partial charge in [-0.3, -0.25) is 14.2 Å². The lowest BCUT2D eigenvalue weighted by Crippen LogP contribution is -2.41. The largest absolute Gasteiger partial charge is 0.490 e. The average Bonchev–Trinajstić information content (AvgIpc) is 3.64. The first kappa shape index (κ1) is 21.9. The Morgan fingerprint density at radius 1 is 1.09 bits per heavy atom. The summed E-state index contributed by atoms with van der Waals surface area (Å²) >= 11 is 0. The van der Waals surface area contributed by atoms with Gasteiger partial charge in [0, 0.05) is 37.5 Å². The van der Waals surface area contributed by atoms with Crippen molar-refractivity contribution in [3.63, 3.8) is 0 Å². The minimum absolute atomic E-state index is 0.115. The second-order valence-corrected chi connectivity index (χ2v) is 8.93. The van der Waals surface area contributed by atoms with Crippen molar-refractivity contribution in [2.75, 3.05) is 13.1 Å². The summed E-state index contributed by atoms with van der Waals surface area (Å²) in [7, 11) is 0. The number of likely N-dealkylation sites (tertiary alicyclic amines) is 1. The first-order chi connectivity index (χ1) is 16.4. The first-order valence-electron chi connectivity index (χ1n) is 11.5. The molecule has 0 radical (unpaired) electrons. The van der Waals surface area contributed by atoms with Gasteiger partial charge in [-0.25, -0.2) is 9.78 Å². The Morgan fingerprint density at radius 2 is 1.85 bits per heavy atom. The Labute approximate surface area is 196 Å². The van der Waals surface area contributed by atoms with Crippen LogP contribution in [0.25, 0.3) is 16.6 Å². The molecule has 1 aliphatic heterocycles. The molecule has 3 aromatic rings. The van der Waals surface area contributed by atoms with Crippen molar-refractivity contribution in [1.29, 1.82) is 0 Å². The Hall–Kier alpha value is -3.88. The number of fused-ring (bicyclic) bond motifs is 1. The zero-order chi connectivity index (χ0) is 23.8. The Balaban J connectivity index is 1.42. The van der Waals surface area contributed by atoms with Crippen LogP contribution in [0.15, 0.2) is 47.5 Å². The smallest absolute Gasteiger partial charge is 0.407 e. The third-order valence-corrected chi connectivity index (χ3v) is 6.39. The van der Waals surface area contributed by atoms with Crippen LogP contribution in [0.4, 0.5) is 4.79 Å². The standard InChI is InChI=1S/C25H26N4O5/c1-15-2-3-16(23(30)27-17-4-5-17)12-22(15)29-14-26-21-7-6-19(13-20(21)24(29)31)34-18-8-10-28(11-9-18)25(32)33/h2-3,6-7,12-14,17-18H,4-5,8-11H2,1H3,(H,27,30)(H,32,33). The highest BCUT2D eigenvalue weighted by atomic mass is 16.5. The van der Waals surface area contributed by atoms with Gasteiger partial charge in [0.1, 0.15) is 18.2 Å². The molecule has 1 aliphatic carbocycles. The number of piperidine rings is 1. The Bertz CT molecular complexity index is 1320. The van der Waals surface area contributed by atoms with Crippen LogP contribution in [0, 0.1) is 6.92 Å². The van der Waals surface area contributed by atoms with Crippen molar-refractivity contribution >= 4 is 22.9 Å². The van der Waals surface area contributed by atoms with E-state index < -0.39 is 6.09 Å². The molecule has 0 atom stereocenters. The van der Waals surface area contributed by atoms with E-state index in [1.165, 1.54) is 15.8 Å². The summed E-state index contributed by atoms with van der Waals surface area (Å²) in [6, 6.07) is 10.8. The molecule has 176 valence electrons. The number of rotatable bonds is 5. The van der Waals surface area contributed by atoms with Gasteiger partial charge in [-0.2, -0.15) is 0 Å². The van der Waals surface area contributed by atoms with Gasteiger partial charge in [0.15, 0.2) is 0 Å². The fourth-order valence-corrected chi connectivity index (χ4v) is 4.21. The second kappa shape index (κ2) is 8.81. The lowest BCUT2D eigenvalue weighted by molar-refractivity contribution is 0.0894. The third-order valence-electron chi connectivity index (χ3n) is 6.39. The molecule has 1 saturated heterocycles. The molecule has 1 aromatic heterocycles. The van der Waals surface area contributed by atoms with Crippen LogP contribution in [0.5, 0.6) is 5.75 Å². The number of aryl methyl sites for hydroxylation is 1. The van der Waals surface area contributed by atoms with E-state index >= 15 is 0 Å². The summed E-state index contributed by atoms with van der Waals surface area (Å²) in [6.07, 6.45) is 3.64. The minimum Gasteiger partial charge on any atom is -0.490 e. The van der Waals surface area contributed by atoms with Crippen LogP contribution in [-0.2, 0) is 0 Å². The number of aromatic nitrogens is 2. The average molecular weight is 463 g/mol. The molecule has 2 amide bonds. The number of hydrogen-bond acceptors (Lipinski definition) is 5. The molecule has 34 heavy (non-hydrogen) atoms. The molecule has 2 aromatic carbocycles. The number of carboxylic acid groups (broad SMARTS) is 1. The maximum absolute atomic E-state index is 13.4. The van der Waals surface area contributed by atoms with Crippen LogP contribution in [0.1, 0.15) is 41.6 Å². The highest BCUT2D eigenvalue weighted by Gasteiger charge is 2.25. The normalized spacial score (nSPS) is 16.4. The van der Waals surface area contributed by atoms with E-state index in [9.17, 15) is 14.4 Å². The van der Waals surface area contributed by atoms with Crippen molar-refractivity contribution in [1.82, 2.24) is 19.8 Å². The highest BCUT2D eigenvalue weighted by Crippen LogP contribution is 2.24. The molecule has 2 fully saturated rings. The Morgan fingerprint density at radius 3 is 2.56 bits per heavy atom. The number of amides is 2. The second-order valence-electron chi connectivity index (χ2n) is 8.93. The summed E-state index contributed by atoms with van der Waals surface area (Å²) in [5.41, 5.74) is 2.26. The molecule has 2 heterocycles. The van der Waals surface area contributed by atoms with Crippen LogP contribution in [0.2, 0.25) is 0 Å². The number of carbonyl (C=O) groups is 2. The predicted molar refractivity (Wildman–Crippen MR) is 126 cm³/mol. The number of carbonyl (C=O) groups excluding carboxylic acids is 1. The number of hydrogen-bond donors (Lipinski definition) is 2. The lowest BCUT2D eigenvalue weighted by atomic mass is 10.1. The van der Waals surface area contributed by atoms with Crippen LogP contribution < -0.4 is 15.6 Å². The Kier molecular flexibility index (Phi) is 5.69. The molecule has 0 unspecified atom stereocenters. The van der Waals surface area contributed by atoms with Gasteiger partial charge in [-0.1, -0.05) is 6.07 Å². The number of ether oxygens (including phenoxy) is 1. The minimum atomic E-state index is -0.917. The summed E-state index contributed by atoms with van der Waals surface area (Å²) in [6.45, 7) is 2.73. The van der Waals surface area contributed by atoms with Gasteiger partial charge in [0.25, 0.3) is 11.5 Å². The van der Waals surface area contributed by atoms with Gasteiger partial charge >= 0.3 is 6.09 Å². The topological polar surface area (TPSA) is 114 Å². The number of nitrogens with one attached hydrogen (secondary N) is 1. The molecule has 2 N–H and O–H groups in total. The maximum atomic E-state index is 13.4. The van der Waals surface area contributed by atoms with Crippen LogP contribution >= 0.6 is 0 Å². The van der Waals surface area contributed by atoms with Gasteiger partial charge in [0.05, 0.1) is 16.6 Å². The zero-order valence-electron chi connectivity index (χ0n) is 18.9. The quantitative estimate of drug-likeness (QED) is 0.602. The third kappa shape index (κ3) is 4.46. The molecular formula is C25H26N4O5. The van der Waals surface area contributed by atoms with Gasteiger partial charge in [-0.05, 0) is 55.7 Å². The van der Waals surface area contributed by atoms with E-state index in [4.69, 9.17) is 9.84 Å². The fraction of sp³-hybridized carbons (Fsp3) is 0.360. The van der Waals surface area contributed by atoms with E-state index in [-0.39, 0.29) is 23.6 Å². The molecular weight excluding hydrogens is 436 g/mol. The molecule has 0 spiro atoms. The predicted octanol–water partition coefficient (Wildman–Crippen LogP) is 3.11. The van der Waals surface area contributed by atoms with E-state index in [0.29, 0.717) is 53.8 Å². The maximum Gasteiger partial charge on any atom is 0.407 e. The van der Waals surface area contributed by atoms with Crippen molar-refractivity contribution in [2.45, 2.75) is 44.8 Å². The van der Waals surface area contributed by atoms with E-state index in [2.05, 4.69) is 10.3 Å². The van der Waals surface area contributed by atoms with Crippen LogP contribution in [-0.4, -0.2) is 56.8 Å².